The number of aromatic nitrogens is 2. The first-order chi connectivity index (χ1) is 11.3. The van der Waals surface area contributed by atoms with Gasteiger partial charge in [0.15, 0.2) is 5.82 Å². The molecule has 3 aromatic rings. The standard InChI is InChI=1S/C21H20N2/c1-15-5-7-17(8-6-15)18-9-11-19(12-10-18)21-22-13-20(14-23-21)16-3-2-4-16/h5-14,16H,2-4H2,1H3. The molecule has 1 heterocycles. The minimum atomic E-state index is 0.688. The Balaban J connectivity index is 1.56. The molecule has 1 aromatic heterocycles. The average Bonchev–Trinajstić information content (AvgIpc) is 2.55. The summed E-state index contributed by atoms with van der Waals surface area (Å²) in [6.45, 7) is 2.11. The number of rotatable bonds is 3. The summed E-state index contributed by atoms with van der Waals surface area (Å²) in [6.07, 6.45) is 7.91. The predicted molar refractivity (Wildman–Crippen MR) is 94.2 cm³/mol. The zero-order valence-electron chi connectivity index (χ0n) is 13.4. The molecule has 114 valence electrons. The summed E-state index contributed by atoms with van der Waals surface area (Å²) >= 11 is 0. The van der Waals surface area contributed by atoms with Gasteiger partial charge < -0.3 is 0 Å². The molecule has 0 unspecified atom stereocenters. The molecule has 2 nitrogen and oxygen atoms in total. The van der Waals surface area contributed by atoms with Gasteiger partial charge >= 0.3 is 0 Å². The molecule has 0 bridgehead atoms. The number of hydrogen-bond acceptors (Lipinski definition) is 2. The van der Waals surface area contributed by atoms with E-state index in [1.54, 1.807) is 0 Å². The van der Waals surface area contributed by atoms with E-state index in [0.717, 1.165) is 11.4 Å². The first kappa shape index (κ1) is 14.1. The van der Waals surface area contributed by atoms with Crippen LogP contribution >= 0.6 is 0 Å². The van der Waals surface area contributed by atoms with E-state index in [2.05, 4.69) is 65.4 Å². The van der Waals surface area contributed by atoms with Gasteiger partial charge in [0.1, 0.15) is 0 Å². The van der Waals surface area contributed by atoms with Crippen molar-refractivity contribution in [2.24, 2.45) is 0 Å². The lowest BCUT2D eigenvalue weighted by molar-refractivity contribution is 0.418. The third-order valence-electron chi connectivity index (χ3n) is 4.78. The molecule has 0 atom stereocenters. The smallest absolute Gasteiger partial charge is 0.159 e. The van der Waals surface area contributed by atoms with Crippen LogP contribution in [-0.4, -0.2) is 9.97 Å². The largest absolute Gasteiger partial charge is 0.236 e. The van der Waals surface area contributed by atoms with Gasteiger partial charge in [0.25, 0.3) is 0 Å². The lowest BCUT2D eigenvalue weighted by Gasteiger charge is -2.24. The Kier molecular flexibility index (Phi) is 3.66. The fraction of sp³-hybridized carbons (Fsp3) is 0.238. The number of benzene rings is 2. The zero-order chi connectivity index (χ0) is 15.6. The maximum absolute atomic E-state index is 4.55. The molecule has 1 aliphatic rings. The molecule has 4 rings (SSSR count). The Labute approximate surface area is 137 Å². The summed E-state index contributed by atoms with van der Waals surface area (Å²) in [6, 6.07) is 17.1. The summed E-state index contributed by atoms with van der Waals surface area (Å²) in [5.41, 5.74) is 6.10. The van der Waals surface area contributed by atoms with Gasteiger partial charge in [-0.25, -0.2) is 9.97 Å². The van der Waals surface area contributed by atoms with Gasteiger partial charge in [-0.3, -0.25) is 0 Å². The van der Waals surface area contributed by atoms with Gasteiger partial charge in [-0.1, -0.05) is 60.5 Å². The third-order valence-corrected chi connectivity index (χ3v) is 4.78. The Morgan fingerprint density at radius 3 is 1.78 bits per heavy atom. The molecule has 2 heteroatoms. The van der Waals surface area contributed by atoms with Crippen LogP contribution in [0.3, 0.4) is 0 Å². The third kappa shape index (κ3) is 2.89. The highest BCUT2D eigenvalue weighted by atomic mass is 14.9. The quantitative estimate of drug-likeness (QED) is 0.648. The van der Waals surface area contributed by atoms with Crippen molar-refractivity contribution < 1.29 is 0 Å². The van der Waals surface area contributed by atoms with Gasteiger partial charge in [-0.2, -0.15) is 0 Å². The van der Waals surface area contributed by atoms with Crippen molar-refractivity contribution in [2.45, 2.75) is 32.1 Å². The minimum absolute atomic E-state index is 0.688. The Hall–Kier alpha value is -2.48. The lowest BCUT2D eigenvalue weighted by Crippen LogP contribution is -2.09. The molecule has 0 saturated heterocycles. The van der Waals surface area contributed by atoms with Crippen LogP contribution in [0.25, 0.3) is 22.5 Å². The molecule has 0 amide bonds. The van der Waals surface area contributed by atoms with Gasteiger partial charge in [-0.05, 0) is 42.4 Å². The van der Waals surface area contributed by atoms with Crippen LogP contribution in [0.4, 0.5) is 0 Å². The summed E-state index contributed by atoms with van der Waals surface area (Å²) in [5, 5.41) is 0. The van der Waals surface area contributed by atoms with Gasteiger partial charge in [0.05, 0.1) is 0 Å². The molecule has 1 saturated carbocycles. The number of hydrogen-bond donors (Lipinski definition) is 0. The molecule has 0 radical (unpaired) electrons. The molecular formula is C21H20N2. The van der Waals surface area contributed by atoms with E-state index in [4.69, 9.17) is 0 Å². The molecule has 0 aliphatic heterocycles. The Morgan fingerprint density at radius 1 is 0.739 bits per heavy atom. The monoisotopic (exact) mass is 300 g/mol. The molecule has 23 heavy (non-hydrogen) atoms. The van der Waals surface area contributed by atoms with Crippen LogP contribution in [0.5, 0.6) is 0 Å². The van der Waals surface area contributed by atoms with Crippen LogP contribution in [0, 0.1) is 6.92 Å². The van der Waals surface area contributed by atoms with E-state index in [1.807, 2.05) is 12.4 Å². The fourth-order valence-corrected chi connectivity index (χ4v) is 3.00. The van der Waals surface area contributed by atoms with Crippen molar-refractivity contribution in [3.8, 4) is 22.5 Å². The highest BCUT2D eigenvalue weighted by Gasteiger charge is 2.20. The second-order valence-electron chi connectivity index (χ2n) is 6.41. The van der Waals surface area contributed by atoms with Crippen LogP contribution in [0.1, 0.15) is 36.3 Å². The molecule has 1 fully saturated rings. The van der Waals surface area contributed by atoms with E-state index >= 15 is 0 Å². The van der Waals surface area contributed by atoms with E-state index in [1.165, 1.54) is 41.5 Å². The number of nitrogens with zero attached hydrogens (tertiary/aromatic N) is 2. The van der Waals surface area contributed by atoms with Crippen LogP contribution in [0.2, 0.25) is 0 Å². The first-order valence-corrected chi connectivity index (χ1v) is 8.29. The number of aryl methyl sites for hydroxylation is 1. The van der Waals surface area contributed by atoms with E-state index in [0.29, 0.717) is 5.92 Å². The van der Waals surface area contributed by atoms with Crippen molar-refractivity contribution in [2.75, 3.05) is 0 Å². The summed E-state index contributed by atoms with van der Waals surface area (Å²) in [5.74, 6) is 1.50. The highest BCUT2D eigenvalue weighted by molar-refractivity contribution is 5.67. The van der Waals surface area contributed by atoms with Gasteiger partial charge in [0.2, 0.25) is 0 Å². The van der Waals surface area contributed by atoms with Crippen molar-refractivity contribution in [1.29, 1.82) is 0 Å². The molecular weight excluding hydrogens is 280 g/mol. The van der Waals surface area contributed by atoms with Crippen molar-refractivity contribution in [1.82, 2.24) is 9.97 Å². The average molecular weight is 300 g/mol. The highest BCUT2D eigenvalue weighted by Crippen LogP contribution is 2.35. The lowest BCUT2D eigenvalue weighted by atomic mass is 9.81. The van der Waals surface area contributed by atoms with Crippen molar-refractivity contribution >= 4 is 0 Å². The summed E-state index contributed by atoms with van der Waals surface area (Å²) in [4.78, 5) is 9.11. The maximum atomic E-state index is 4.55. The predicted octanol–water partition coefficient (Wildman–Crippen LogP) is 5.39. The van der Waals surface area contributed by atoms with Crippen LogP contribution in [0.15, 0.2) is 60.9 Å². The van der Waals surface area contributed by atoms with Gasteiger partial charge in [0, 0.05) is 18.0 Å². The topological polar surface area (TPSA) is 25.8 Å². The van der Waals surface area contributed by atoms with E-state index in [-0.39, 0.29) is 0 Å². The van der Waals surface area contributed by atoms with Crippen LogP contribution in [-0.2, 0) is 0 Å². The van der Waals surface area contributed by atoms with Gasteiger partial charge in [-0.15, -0.1) is 0 Å². The summed E-state index contributed by atoms with van der Waals surface area (Å²) in [7, 11) is 0. The SMILES string of the molecule is Cc1ccc(-c2ccc(-c3ncc(C4CCC4)cn3)cc2)cc1. The van der Waals surface area contributed by atoms with Crippen molar-refractivity contribution in [3.63, 3.8) is 0 Å². The Morgan fingerprint density at radius 2 is 1.26 bits per heavy atom. The van der Waals surface area contributed by atoms with E-state index < -0.39 is 0 Å². The van der Waals surface area contributed by atoms with E-state index in [9.17, 15) is 0 Å². The second-order valence-corrected chi connectivity index (χ2v) is 6.41. The molecule has 2 aromatic carbocycles. The normalized spacial score (nSPS) is 14.5. The fourth-order valence-electron chi connectivity index (χ4n) is 3.00. The van der Waals surface area contributed by atoms with Crippen LogP contribution < -0.4 is 0 Å². The Bertz CT molecular complexity index is 783. The molecule has 1 aliphatic carbocycles. The maximum Gasteiger partial charge on any atom is 0.159 e. The summed E-state index contributed by atoms with van der Waals surface area (Å²) < 4.78 is 0. The second kappa shape index (κ2) is 5.96. The zero-order valence-corrected chi connectivity index (χ0v) is 13.4. The minimum Gasteiger partial charge on any atom is -0.236 e. The van der Waals surface area contributed by atoms with Crippen molar-refractivity contribution in [3.05, 3.63) is 72.1 Å². The first-order valence-electron chi connectivity index (χ1n) is 8.29. The molecule has 0 N–H and O–H groups in total. The molecule has 0 spiro atoms.